The van der Waals surface area contributed by atoms with Gasteiger partial charge in [0.15, 0.2) is 0 Å². The number of hydrogen-bond acceptors (Lipinski definition) is 6. The highest BCUT2D eigenvalue weighted by molar-refractivity contribution is 7.00. The molecule has 0 amide bonds. The predicted octanol–water partition coefficient (Wildman–Crippen LogP) is 6.69. The second-order valence-electron chi connectivity index (χ2n) is 13.4. The molecule has 6 heterocycles. The highest BCUT2D eigenvalue weighted by atomic mass is 16.5. The highest BCUT2D eigenvalue weighted by Crippen LogP contribution is 2.48. The molecule has 0 radical (unpaired) electrons. The maximum atomic E-state index is 6.80. The standard InChI is InChI=1S/C42H20B2O6/c1-6-21(23-16-18-33-39-41(23)49-31-14-4-12-29-37(31)43(39)35-25(45-29)8-2-10-27(35)47-33)20-22(7-1)24-17-19-34-40-42(24)50-32-15-5-13-30-38(32)44(40)36-26(46-30)9-3-11-28(36)48-34/h1-20H. The van der Waals surface area contributed by atoms with Crippen molar-refractivity contribution in [2.45, 2.75) is 0 Å². The molecule has 6 aliphatic heterocycles. The lowest BCUT2D eigenvalue weighted by atomic mass is 9.33. The smallest absolute Gasteiger partial charge is 0.270 e. The number of benzene rings is 7. The molecule has 0 spiro atoms. The zero-order valence-corrected chi connectivity index (χ0v) is 26.2. The molecule has 7 aromatic rings. The summed E-state index contributed by atoms with van der Waals surface area (Å²) in [6.45, 7) is -0.0972. The summed E-state index contributed by atoms with van der Waals surface area (Å²) in [5, 5.41) is 0. The fourth-order valence-corrected chi connectivity index (χ4v) is 8.92. The van der Waals surface area contributed by atoms with Gasteiger partial charge < -0.3 is 28.4 Å². The fraction of sp³-hybridized carbons (Fsp3) is 0. The van der Waals surface area contributed by atoms with Crippen LogP contribution in [0.4, 0.5) is 0 Å². The lowest BCUT2D eigenvalue weighted by molar-refractivity contribution is 0.443. The van der Waals surface area contributed by atoms with E-state index in [4.69, 9.17) is 28.4 Å². The van der Waals surface area contributed by atoms with Gasteiger partial charge >= 0.3 is 0 Å². The van der Waals surface area contributed by atoms with Crippen LogP contribution in [-0.4, -0.2) is 13.4 Å². The third kappa shape index (κ3) is 3.04. The minimum Gasteiger partial charge on any atom is -0.458 e. The van der Waals surface area contributed by atoms with Crippen molar-refractivity contribution in [2.75, 3.05) is 0 Å². The van der Waals surface area contributed by atoms with E-state index in [1.807, 2.05) is 72.8 Å². The molecule has 6 nitrogen and oxygen atoms in total. The average molecular weight is 642 g/mol. The first kappa shape index (κ1) is 25.5. The quantitative estimate of drug-likeness (QED) is 0.196. The first-order chi connectivity index (χ1) is 24.8. The Bertz CT molecular complexity index is 2500. The van der Waals surface area contributed by atoms with E-state index in [9.17, 15) is 0 Å². The summed E-state index contributed by atoms with van der Waals surface area (Å²) in [5.74, 6) is 9.75. The van der Waals surface area contributed by atoms with Crippen molar-refractivity contribution in [3.8, 4) is 91.2 Å². The monoisotopic (exact) mass is 642 g/mol. The van der Waals surface area contributed by atoms with E-state index in [0.717, 1.165) is 124 Å². The van der Waals surface area contributed by atoms with Crippen LogP contribution in [0.3, 0.4) is 0 Å². The van der Waals surface area contributed by atoms with Crippen molar-refractivity contribution in [1.29, 1.82) is 0 Å². The molecular formula is C42H20B2O6. The zero-order chi connectivity index (χ0) is 32.2. The Morgan fingerprint density at radius 2 is 0.580 bits per heavy atom. The molecule has 0 saturated heterocycles. The Balaban J connectivity index is 0.994. The molecule has 0 unspecified atom stereocenters. The summed E-state index contributed by atoms with van der Waals surface area (Å²) >= 11 is 0. The Morgan fingerprint density at radius 3 is 0.940 bits per heavy atom. The summed E-state index contributed by atoms with van der Waals surface area (Å²) in [5.41, 5.74) is 10.3. The molecule has 230 valence electrons. The molecule has 0 aliphatic carbocycles. The van der Waals surface area contributed by atoms with Gasteiger partial charge in [-0.2, -0.15) is 0 Å². The lowest BCUT2D eigenvalue weighted by Gasteiger charge is -2.38. The summed E-state index contributed by atoms with van der Waals surface area (Å²) in [6.07, 6.45) is 0. The maximum Gasteiger partial charge on any atom is 0.270 e. The summed E-state index contributed by atoms with van der Waals surface area (Å²) in [6, 6.07) is 41.1. The van der Waals surface area contributed by atoms with Crippen molar-refractivity contribution >= 4 is 46.2 Å². The molecule has 0 saturated carbocycles. The minimum absolute atomic E-state index is 0.0486. The van der Waals surface area contributed by atoms with Gasteiger partial charge in [0.05, 0.1) is 0 Å². The molecule has 50 heavy (non-hydrogen) atoms. The van der Waals surface area contributed by atoms with E-state index in [1.165, 1.54) is 0 Å². The minimum atomic E-state index is -0.0486. The second-order valence-corrected chi connectivity index (χ2v) is 13.4. The van der Waals surface area contributed by atoms with E-state index in [2.05, 4.69) is 48.5 Å². The first-order valence-electron chi connectivity index (χ1n) is 16.8. The van der Waals surface area contributed by atoms with Crippen LogP contribution in [0.15, 0.2) is 121 Å². The van der Waals surface area contributed by atoms with Crippen molar-refractivity contribution in [3.05, 3.63) is 121 Å². The van der Waals surface area contributed by atoms with Crippen molar-refractivity contribution in [3.63, 3.8) is 0 Å². The van der Waals surface area contributed by atoms with E-state index in [1.54, 1.807) is 0 Å². The summed E-state index contributed by atoms with van der Waals surface area (Å²) in [4.78, 5) is 0. The Kier molecular flexibility index (Phi) is 4.45. The Hall–Kier alpha value is -6.53. The van der Waals surface area contributed by atoms with Gasteiger partial charge in [0.25, 0.3) is 13.4 Å². The van der Waals surface area contributed by atoms with Gasteiger partial charge in [-0.05, 0) is 90.0 Å². The Morgan fingerprint density at radius 1 is 0.280 bits per heavy atom. The molecule has 0 aromatic heterocycles. The molecule has 0 atom stereocenters. The van der Waals surface area contributed by atoms with Crippen LogP contribution in [0, 0.1) is 0 Å². The van der Waals surface area contributed by atoms with Gasteiger partial charge in [-0.3, -0.25) is 0 Å². The van der Waals surface area contributed by atoms with E-state index < -0.39 is 0 Å². The van der Waals surface area contributed by atoms with E-state index >= 15 is 0 Å². The third-order valence-electron chi connectivity index (χ3n) is 10.9. The molecule has 8 heteroatoms. The second kappa shape index (κ2) is 8.73. The maximum absolute atomic E-state index is 6.80. The lowest BCUT2D eigenvalue weighted by Crippen LogP contribution is -2.59. The van der Waals surface area contributed by atoms with Crippen LogP contribution < -0.4 is 61.2 Å². The van der Waals surface area contributed by atoms with Crippen LogP contribution in [0.2, 0.25) is 0 Å². The van der Waals surface area contributed by atoms with Gasteiger partial charge in [0.1, 0.15) is 69.0 Å². The number of rotatable bonds is 2. The van der Waals surface area contributed by atoms with Crippen molar-refractivity contribution in [2.24, 2.45) is 0 Å². The first-order valence-corrected chi connectivity index (χ1v) is 16.8. The van der Waals surface area contributed by atoms with E-state index in [-0.39, 0.29) is 13.4 Å². The topological polar surface area (TPSA) is 55.4 Å². The summed E-state index contributed by atoms with van der Waals surface area (Å²) < 4.78 is 39.3. The van der Waals surface area contributed by atoms with Crippen LogP contribution in [0.1, 0.15) is 0 Å². The third-order valence-corrected chi connectivity index (χ3v) is 10.9. The van der Waals surface area contributed by atoms with Gasteiger partial charge in [-0.15, -0.1) is 0 Å². The molecule has 0 bridgehead atoms. The molecule has 13 rings (SSSR count). The molecule has 7 aromatic carbocycles. The van der Waals surface area contributed by atoms with Crippen LogP contribution in [0.25, 0.3) is 22.3 Å². The molecule has 6 aliphatic rings. The SMILES string of the molecule is c1cc(-c2ccc3c4c2Oc2cccc5c2B4c2c(cccc2O3)O5)cc(-c2ccc3c4c2Oc2cccc5c2B4c2c(cccc2O3)O5)c1. The Labute approximate surface area is 286 Å². The van der Waals surface area contributed by atoms with Crippen LogP contribution in [-0.2, 0) is 0 Å². The fourth-order valence-electron chi connectivity index (χ4n) is 8.92. The van der Waals surface area contributed by atoms with Gasteiger partial charge in [-0.25, -0.2) is 0 Å². The summed E-state index contributed by atoms with van der Waals surface area (Å²) in [7, 11) is 0. The van der Waals surface area contributed by atoms with Crippen LogP contribution in [0.5, 0.6) is 69.0 Å². The van der Waals surface area contributed by atoms with Crippen molar-refractivity contribution in [1.82, 2.24) is 0 Å². The van der Waals surface area contributed by atoms with E-state index in [0.29, 0.717) is 0 Å². The normalized spacial score (nSPS) is 14.5. The molecule has 0 N–H and O–H groups in total. The number of hydrogen-bond donors (Lipinski definition) is 0. The zero-order valence-electron chi connectivity index (χ0n) is 26.2. The predicted molar refractivity (Wildman–Crippen MR) is 193 cm³/mol. The largest absolute Gasteiger partial charge is 0.458 e. The van der Waals surface area contributed by atoms with Crippen LogP contribution >= 0.6 is 0 Å². The molecule has 0 fully saturated rings. The number of ether oxygens (including phenoxy) is 6. The van der Waals surface area contributed by atoms with Gasteiger partial charge in [0, 0.05) is 43.9 Å². The average Bonchev–Trinajstić information content (AvgIpc) is 3.15. The van der Waals surface area contributed by atoms with Gasteiger partial charge in [-0.1, -0.05) is 42.5 Å². The van der Waals surface area contributed by atoms with Crippen molar-refractivity contribution < 1.29 is 28.4 Å². The molecular weight excluding hydrogens is 622 g/mol. The highest BCUT2D eigenvalue weighted by Gasteiger charge is 2.48. The van der Waals surface area contributed by atoms with Gasteiger partial charge in [0.2, 0.25) is 0 Å².